The first-order chi connectivity index (χ1) is 8.24. The lowest BCUT2D eigenvalue weighted by molar-refractivity contribution is 0.575. The predicted molar refractivity (Wildman–Crippen MR) is 74.9 cm³/mol. The van der Waals surface area contributed by atoms with Crippen LogP contribution in [-0.4, -0.2) is 14.5 Å². The zero-order valence-corrected chi connectivity index (χ0v) is 11.8. The second-order valence-corrected chi connectivity index (χ2v) is 6.27. The summed E-state index contributed by atoms with van der Waals surface area (Å²) in [6.45, 7) is 13.0. The quantitative estimate of drug-likeness (QED) is 0.832. The molecule has 1 rings (SSSR count). The second kappa shape index (κ2) is 5.50. The molecule has 0 fully saturated rings. The summed E-state index contributed by atoms with van der Waals surface area (Å²) in [6, 6.07) is 6.28. The third kappa shape index (κ3) is 3.55. The van der Waals surface area contributed by atoms with Crippen molar-refractivity contribution < 1.29 is 8.42 Å². The molecule has 0 atom stereocenters. The average molecular weight is 265 g/mol. The van der Waals surface area contributed by atoms with Gasteiger partial charge in [-0.15, -0.1) is 0 Å². The average Bonchev–Trinajstić information content (AvgIpc) is 2.26. The van der Waals surface area contributed by atoms with Crippen molar-refractivity contribution in [1.82, 2.24) is 4.72 Å². The Bertz CT molecular complexity index is 542. The van der Waals surface area contributed by atoms with Crippen LogP contribution in [0, 0.1) is 6.92 Å². The van der Waals surface area contributed by atoms with E-state index < -0.39 is 16.1 Å². The molecule has 0 saturated carbocycles. The summed E-state index contributed by atoms with van der Waals surface area (Å²) >= 11 is 0. The number of hydrogen-bond acceptors (Lipinski definition) is 2. The molecule has 1 N–H and O–H groups in total. The van der Waals surface area contributed by atoms with E-state index in [9.17, 15) is 8.42 Å². The summed E-state index contributed by atoms with van der Waals surface area (Å²) in [5.41, 5.74) is 2.46. The Labute approximate surface area is 109 Å². The molecule has 0 unspecified atom stereocenters. The van der Waals surface area contributed by atoms with Crippen molar-refractivity contribution in [3.05, 3.63) is 54.1 Å². The molecule has 0 saturated heterocycles. The minimum absolute atomic E-state index is 0.251. The molecule has 3 nitrogen and oxygen atoms in total. The summed E-state index contributed by atoms with van der Waals surface area (Å²) in [6.07, 6.45) is 0. The SMILES string of the molecule is C=C(C)C(NS(=O)(=O)c1ccc(C)cc1)C(=C)C. The molecule has 0 aliphatic rings. The van der Waals surface area contributed by atoms with Crippen LogP contribution in [0.2, 0.25) is 0 Å². The third-order valence-corrected chi connectivity index (χ3v) is 4.03. The highest BCUT2D eigenvalue weighted by Crippen LogP contribution is 2.15. The van der Waals surface area contributed by atoms with Gasteiger partial charge in [-0.3, -0.25) is 0 Å². The number of rotatable bonds is 5. The molecule has 0 amide bonds. The van der Waals surface area contributed by atoms with E-state index in [-0.39, 0.29) is 4.90 Å². The molecule has 0 heterocycles. The topological polar surface area (TPSA) is 46.2 Å². The molecule has 0 spiro atoms. The van der Waals surface area contributed by atoms with Crippen LogP contribution < -0.4 is 4.72 Å². The Morgan fingerprint density at radius 2 is 1.56 bits per heavy atom. The van der Waals surface area contributed by atoms with Gasteiger partial charge in [-0.1, -0.05) is 42.0 Å². The Kier molecular flexibility index (Phi) is 4.48. The van der Waals surface area contributed by atoms with Gasteiger partial charge in [-0.2, -0.15) is 4.72 Å². The van der Waals surface area contributed by atoms with Crippen LogP contribution >= 0.6 is 0 Å². The van der Waals surface area contributed by atoms with Gasteiger partial charge >= 0.3 is 0 Å². The van der Waals surface area contributed by atoms with Crippen LogP contribution in [0.5, 0.6) is 0 Å². The fourth-order valence-electron chi connectivity index (χ4n) is 1.56. The smallest absolute Gasteiger partial charge is 0.207 e. The van der Waals surface area contributed by atoms with E-state index in [2.05, 4.69) is 17.9 Å². The molecule has 1 aromatic carbocycles. The molecule has 0 aromatic heterocycles. The first-order valence-electron chi connectivity index (χ1n) is 5.64. The molecular weight excluding hydrogens is 246 g/mol. The van der Waals surface area contributed by atoms with Gasteiger partial charge < -0.3 is 0 Å². The van der Waals surface area contributed by atoms with Crippen molar-refractivity contribution in [1.29, 1.82) is 0 Å². The molecule has 1 aromatic rings. The van der Waals surface area contributed by atoms with Gasteiger partial charge in [0.2, 0.25) is 10.0 Å². The first kappa shape index (κ1) is 14.7. The van der Waals surface area contributed by atoms with Crippen molar-refractivity contribution in [3.8, 4) is 0 Å². The zero-order valence-electron chi connectivity index (χ0n) is 11.0. The van der Waals surface area contributed by atoms with Gasteiger partial charge in [0, 0.05) is 0 Å². The molecule has 0 aliphatic heterocycles. The number of sulfonamides is 1. The highest BCUT2D eigenvalue weighted by atomic mass is 32.2. The Balaban J connectivity index is 3.04. The van der Waals surface area contributed by atoms with Crippen molar-refractivity contribution in [2.75, 3.05) is 0 Å². The first-order valence-corrected chi connectivity index (χ1v) is 7.12. The maximum atomic E-state index is 12.2. The molecule has 4 heteroatoms. The standard InChI is InChI=1S/C14H19NO2S/c1-10(2)14(11(3)4)15-18(16,17)13-8-6-12(5)7-9-13/h6-9,14-15H,1,3H2,2,4-5H3. The molecule has 0 aliphatic carbocycles. The Morgan fingerprint density at radius 3 is 1.94 bits per heavy atom. The van der Waals surface area contributed by atoms with Crippen LogP contribution in [0.1, 0.15) is 19.4 Å². The normalized spacial score (nSPS) is 11.6. The molecular formula is C14H19NO2S. The van der Waals surface area contributed by atoms with E-state index >= 15 is 0 Å². The van der Waals surface area contributed by atoms with Crippen LogP contribution in [0.4, 0.5) is 0 Å². The van der Waals surface area contributed by atoms with Crippen molar-refractivity contribution in [3.63, 3.8) is 0 Å². The summed E-state index contributed by atoms with van der Waals surface area (Å²) < 4.78 is 26.9. The van der Waals surface area contributed by atoms with Gasteiger partial charge in [0.15, 0.2) is 0 Å². The number of aryl methyl sites for hydroxylation is 1. The van der Waals surface area contributed by atoms with Gasteiger partial charge in [-0.05, 0) is 32.9 Å². The van der Waals surface area contributed by atoms with Gasteiger partial charge in [0.05, 0.1) is 10.9 Å². The van der Waals surface area contributed by atoms with E-state index in [4.69, 9.17) is 0 Å². The Hall–Kier alpha value is -1.39. The van der Waals surface area contributed by atoms with Gasteiger partial charge in [0.25, 0.3) is 0 Å². The van der Waals surface area contributed by atoms with E-state index in [0.29, 0.717) is 0 Å². The fraction of sp³-hybridized carbons (Fsp3) is 0.286. The minimum Gasteiger partial charge on any atom is -0.207 e. The van der Waals surface area contributed by atoms with Crippen molar-refractivity contribution in [2.24, 2.45) is 0 Å². The molecule has 0 radical (unpaired) electrons. The second-order valence-electron chi connectivity index (χ2n) is 4.56. The molecule has 18 heavy (non-hydrogen) atoms. The number of nitrogens with one attached hydrogen (secondary N) is 1. The summed E-state index contributed by atoms with van der Waals surface area (Å²) in [5, 5.41) is 0. The van der Waals surface area contributed by atoms with E-state index in [1.54, 1.807) is 38.1 Å². The summed E-state index contributed by atoms with van der Waals surface area (Å²) in [5.74, 6) is 0. The Morgan fingerprint density at radius 1 is 1.11 bits per heavy atom. The number of hydrogen-bond donors (Lipinski definition) is 1. The lowest BCUT2D eigenvalue weighted by atomic mass is 10.1. The third-order valence-electron chi connectivity index (χ3n) is 2.59. The van der Waals surface area contributed by atoms with E-state index in [1.807, 2.05) is 6.92 Å². The summed E-state index contributed by atoms with van der Waals surface area (Å²) in [4.78, 5) is 0.251. The monoisotopic (exact) mass is 265 g/mol. The molecule has 0 bridgehead atoms. The highest BCUT2D eigenvalue weighted by molar-refractivity contribution is 7.89. The van der Waals surface area contributed by atoms with E-state index in [0.717, 1.165) is 16.7 Å². The number of benzene rings is 1. The lowest BCUT2D eigenvalue weighted by Gasteiger charge is -2.19. The fourth-order valence-corrected chi connectivity index (χ4v) is 2.91. The maximum Gasteiger partial charge on any atom is 0.241 e. The largest absolute Gasteiger partial charge is 0.241 e. The van der Waals surface area contributed by atoms with E-state index in [1.165, 1.54) is 0 Å². The molecule has 98 valence electrons. The lowest BCUT2D eigenvalue weighted by Crippen LogP contribution is -2.36. The van der Waals surface area contributed by atoms with Crippen LogP contribution in [0.15, 0.2) is 53.5 Å². The van der Waals surface area contributed by atoms with Gasteiger partial charge in [-0.25, -0.2) is 8.42 Å². The van der Waals surface area contributed by atoms with Crippen molar-refractivity contribution >= 4 is 10.0 Å². The van der Waals surface area contributed by atoms with Gasteiger partial charge in [0.1, 0.15) is 0 Å². The highest BCUT2D eigenvalue weighted by Gasteiger charge is 2.20. The minimum atomic E-state index is -3.54. The summed E-state index contributed by atoms with van der Waals surface area (Å²) in [7, 11) is -3.54. The van der Waals surface area contributed by atoms with Crippen LogP contribution in [0.25, 0.3) is 0 Å². The van der Waals surface area contributed by atoms with Crippen LogP contribution in [-0.2, 0) is 10.0 Å². The van der Waals surface area contributed by atoms with Crippen molar-refractivity contribution in [2.45, 2.75) is 31.7 Å². The zero-order chi connectivity index (χ0) is 13.9. The van der Waals surface area contributed by atoms with Crippen LogP contribution in [0.3, 0.4) is 0 Å². The predicted octanol–water partition coefficient (Wildman–Crippen LogP) is 2.79. The maximum absolute atomic E-state index is 12.2.